The highest BCUT2D eigenvalue weighted by molar-refractivity contribution is 8.17. The molecule has 3 nitrogen and oxygen atoms in total. The Kier molecular flexibility index (Phi) is 3.12. The number of benzene rings is 1. The van der Waals surface area contributed by atoms with Crippen LogP contribution >= 0.6 is 23.5 Å². The zero-order valence-corrected chi connectivity index (χ0v) is 13.3. The summed E-state index contributed by atoms with van der Waals surface area (Å²) in [5.74, 6) is 0. The van der Waals surface area contributed by atoms with Gasteiger partial charge in [-0.1, -0.05) is 18.7 Å². The Labute approximate surface area is 131 Å². The van der Waals surface area contributed by atoms with Gasteiger partial charge in [0.05, 0.1) is 23.4 Å². The van der Waals surface area contributed by atoms with E-state index in [-0.39, 0.29) is 0 Å². The number of hydrogen-bond donors (Lipinski definition) is 0. The molecule has 0 spiro atoms. The number of fused-ring (bicyclic) bond motifs is 2. The maximum absolute atomic E-state index is 5.70. The molecule has 5 heteroatoms. The number of aliphatic imine (C=N–C) groups is 1. The zero-order chi connectivity index (χ0) is 14.4. The number of amidine groups is 1. The van der Waals surface area contributed by atoms with E-state index >= 15 is 0 Å². The van der Waals surface area contributed by atoms with Crippen molar-refractivity contribution in [1.82, 2.24) is 4.90 Å². The molecular weight excluding hydrogens is 300 g/mol. The lowest BCUT2D eigenvalue weighted by Crippen LogP contribution is -2.20. The van der Waals surface area contributed by atoms with Gasteiger partial charge in [0.25, 0.3) is 0 Å². The molecule has 0 fully saturated rings. The van der Waals surface area contributed by atoms with Gasteiger partial charge in [-0.2, -0.15) is 0 Å². The molecule has 3 heterocycles. The highest BCUT2D eigenvalue weighted by Crippen LogP contribution is 2.44. The molecular formula is C16H14N2OS2. The van der Waals surface area contributed by atoms with Crippen LogP contribution in [0.4, 0.5) is 0 Å². The van der Waals surface area contributed by atoms with E-state index in [0.29, 0.717) is 0 Å². The molecule has 0 radical (unpaired) electrons. The molecule has 1 aromatic heterocycles. The van der Waals surface area contributed by atoms with Crippen LogP contribution < -0.4 is 0 Å². The Bertz CT molecular complexity index is 804. The molecule has 0 saturated carbocycles. The Morgan fingerprint density at radius 3 is 3.14 bits per heavy atom. The van der Waals surface area contributed by atoms with Crippen molar-refractivity contribution in [3.63, 3.8) is 0 Å². The van der Waals surface area contributed by atoms with Crippen LogP contribution in [0.3, 0.4) is 0 Å². The minimum atomic E-state index is 0.869. The maximum atomic E-state index is 5.70. The zero-order valence-electron chi connectivity index (χ0n) is 11.6. The first-order valence-electron chi connectivity index (χ1n) is 6.74. The van der Waals surface area contributed by atoms with Gasteiger partial charge in [-0.25, -0.2) is 0 Å². The minimum Gasteiger partial charge on any atom is -0.463 e. The van der Waals surface area contributed by atoms with Crippen molar-refractivity contribution < 1.29 is 4.42 Å². The third kappa shape index (κ3) is 1.88. The topological polar surface area (TPSA) is 28.7 Å². The van der Waals surface area contributed by atoms with E-state index in [0.717, 1.165) is 29.2 Å². The fraction of sp³-hybridized carbons (Fsp3) is 0.188. The lowest BCUT2D eigenvalue weighted by molar-refractivity contribution is 0.608. The van der Waals surface area contributed by atoms with Crippen molar-refractivity contribution in [3.8, 4) is 0 Å². The van der Waals surface area contributed by atoms with Gasteiger partial charge in [-0.3, -0.25) is 4.99 Å². The molecule has 0 bridgehead atoms. The van der Waals surface area contributed by atoms with Crippen LogP contribution in [0.1, 0.15) is 5.56 Å². The molecule has 0 atom stereocenters. The fourth-order valence-electron chi connectivity index (χ4n) is 2.82. The van der Waals surface area contributed by atoms with Crippen LogP contribution in [-0.2, 0) is 0 Å². The highest BCUT2D eigenvalue weighted by atomic mass is 32.2. The number of rotatable bonds is 3. The van der Waals surface area contributed by atoms with Crippen molar-refractivity contribution in [2.75, 3.05) is 19.3 Å². The van der Waals surface area contributed by atoms with Crippen molar-refractivity contribution in [2.24, 2.45) is 4.99 Å². The van der Waals surface area contributed by atoms with E-state index in [2.05, 4.69) is 34.9 Å². The molecule has 2 aliphatic heterocycles. The van der Waals surface area contributed by atoms with Gasteiger partial charge < -0.3 is 9.32 Å². The van der Waals surface area contributed by atoms with Crippen LogP contribution in [0.5, 0.6) is 0 Å². The highest BCUT2D eigenvalue weighted by Gasteiger charge is 2.32. The average molecular weight is 314 g/mol. The third-order valence-electron chi connectivity index (χ3n) is 3.75. The van der Waals surface area contributed by atoms with E-state index in [1.165, 1.54) is 21.1 Å². The molecule has 0 aliphatic carbocycles. The standard InChI is InChI=1S/C16H14N2OS2/c1-3-12-14(18-8-7-17-16(18)21-12)10-4-5-13(20-2)15-11(10)6-9-19-15/h3-6,9H,1,7-8H2,2H3. The molecule has 4 rings (SSSR count). The summed E-state index contributed by atoms with van der Waals surface area (Å²) in [5.41, 5.74) is 3.38. The molecule has 106 valence electrons. The van der Waals surface area contributed by atoms with Crippen LogP contribution in [0, 0.1) is 0 Å². The van der Waals surface area contributed by atoms with E-state index in [9.17, 15) is 0 Å². The summed E-state index contributed by atoms with van der Waals surface area (Å²) in [4.78, 5) is 9.20. The second kappa shape index (κ2) is 5.00. The molecule has 2 aromatic rings. The largest absolute Gasteiger partial charge is 0.463 e. The molecule has 21 heavy (non-hydrogen) atoms. The first kappa shape index (κ1) is 13.1. The number of allylic oxidation sites excluding steroid dienone is 1. The molecule has 0 saturated heterocycles. The molecule has 2 aliphatic rings. The third-order valence-corrected chi connectivity index (χ3v) is 5.62. The second-order valence-electron chi connectivity index (χ2n) is 4.81. The monoisotopic (exact) mass is 314 g/mol. The number of hydrogen-bond acceptors (Lipinski definition) is 5. The van der Waals surface area contributed by atoms with Gasteiger partial charge in [0, 0.05) is 22.4 Å². The summed E-state index contributed by atoms with van der Waals surface area (Å²) >= 11 is 3.41. The Morgan fingerprint density at radius 1 is 1.43 bits per heavy atom. The SMILES string of the molecule is C=CC1=C(c2ccc(SC)c3occc23)N2CCN=C2S1. The fourth-order valence-corrected chi connectivity index (χ4v) is 4.41. The van der Waals surface area contributed by atoms with Crippen molar-refractivity contribution in [3.05, 3.63) is 47.6 Å². The van der Waals surface area contributed by atoms with Crippen LogP contribution in [-0.4, -0.2) is 29.4 Å². The predicted octanol–water partition coefficient (Wildman–Crippen LogP) is 4.43. The van der Waals surface area contributed by atoms with Gasteiger partial charge in [-0.15, -0.1) is 11.8 Å². The average Bonchev–Trinajstić information content (AvgIpc) is 3.20. The van der Waals surface area contributed by atoms with Gasteiger partial charge >= 0.3 is 0 Å². The van der Waals surface area contributed by atoms with E-state index in [4.69, 9.17) is 4.42 Å². The van der Waals surface area contributed by atoms with Crippen LogP contribution in [0.25, 0.3) is 16.7 Å². The number of thioether (sulfide) groups is 2. The number of furan rings is 1. The van der Waals surface area contributed by atoms with Crippen molar-refractivity contribution >= 4 is 45.4 Å². The Hall–Kier alpha value is -1.59. The summed E-state index contributed by atoms with van der Waals surface area (Å²) in [6.45, 7) is 5.77. The van der Waals surface area contributed by atoms with Crippen molar-refractivity contribution in [1.29, 1.82) is 0 Å². The van der Waals surface area contributed by atoms with Gasteiger partial charge in [0.2, 0.25) is 0 Å². The van der Waals surface area contributed by atoms with E-state index < -0.39 is 0 Å². The lowest BCUT2D eigenvalue weighted by Gasteiger charge is -2.18. The normalized spacial score (nSPS) is 17.6. The van der Waals surface area contributed by atoms with Crippen LogP contribution in [0.15, 0.2) is 56.3 Å². The summed E-state index contributed by atoms with van der Waals surface area (Å²) in [5, 5.41) is 2.25. The maximum Gasteiger partial charge on any atom is 0.168 e. The lowest BCUT2D eigenvalue weighted by atomic mass is 10.1. The molecule has 0 N–H and O–H groups in total. The molecule has 1 aromatic carbocycles. The summed E-state index contributed by atoms with van der Waals surface area (Å²) in [7, 11) is 0. The summed E-state index contributed by atoms with van der Waals surface area (Å²) in [6.07, 6.45) is 5.76. The van der Waals surface area contributed by atoms with E-state index in [1.807, 2.05) is 12.1 Å². The first-order valence-corrected chi connectivity index (χ1v) is 8.78. The predicted molar refractivity (Wildman–Crippen MR) is 91.7 cm³/mol. The number of nitrogens with zero attached hydrogens (tertiary/aromatic N) is 2. The second-order valence-corrected chi connectivity index (χ2v) is 6.67. The van der Waals surface area contributed by atoms with Gasteiger partial charge in [-0.05, 0) is 30.2 Å². The summed E-state index contributed by atoms with van der Waals surface area (Å²) < 4.78 is 5.70. The molecule has 0 amide bonds. The molecule has 0 unspecified atom stereocenters. The van der Waals surface area contributed by atoms with E-state index in [1.54, 1.807) is 29.8 Å². The van der Waals surface area contributed by atoms with Crippen molar-refractivity contribution in [2.45, 2.75) is 4.90 Å². The summed E-state index contributed by atoms with van der Waals surface area (Å²) in [6, 6.07) is 6.37. The minimum absolute atomic E-state index is 0.869. The smallest absolute Gasteiger partial charge is 0.168 e. The quantitative estimate of drug-likeness (QED) is 0.784. The Morgan fingerprint density at radius 2 is 2.33 bits per heavy atom. The van der Waals surface area contributed by atoms with Crippen LogP contribution in [0.2, 0.25) is 0 Å². The first-order chi connectivity index (χ1) is 10.3. The Balaban J connectivity index is 1.96. The van der Waals surface area contributed by atoms with Gasteiger partial charge in [0.1, 0.15) is 5.58 Å². The van der Waals surface area contributed by atoms with Gasteiger partial charge in [0.15, 0.2) is 5.17 Å².